The number of nitrogens with one attached hydrogen (secondary N) is 1. The maximum absolute atomic E-state index is 13.6. The molecule has 7 heteroatoms. The van der Waals surface area contributed by atoms with E-state index in [9.17, 15) is 9.59 Å². The fourth-order valence-corrected chi connectivity index (χ4v) is 4.95. The summed E-state index contributed by atoms with van der Waals surface area (Å²) < 4.78 is 5.37. The number of anilines is 3. The van der Waals surface area contributed by atoms with Gasteiger partial charge in [0.2, 0.25) is 0 Å². The summed E-state index contributed by atoms with van der Waals surface area (Å²) in [5.41, 5.74) is 3.79. The first kappa shape index (κ1) is 28.8. The van der Waals surface area contributed by atoms with Crippen molar-refractivity contribution in [2.75, 3.05) is 35.8 Å². The van der Waals surface area contributed by atoms with Crippen molar-refractivity contribution in [3.8, 4) is 5.75 Å². The smallest absolute Gasteiger partial charge is 0.326 e. The van der Waals surface area contributed by atoms with Gasteiger partial charge < -0.3 is 15.0 Å². The number of rotatable bonds is 11. The molecule has 4 aromatic carbocycles. The molecular formula is C33H35N3O3S. The van der Waals surface area contributed by atoms with Crippen molar-refractivity contribution in [3.05, 3.63) is 109 Å². The highest BCUT2D eigenvalue weighted by atomic mass is 32.2. The lowest BCUT2D eigenvalue weighted by molar-refractivity contribution is -0.134. The molecule has 0 aromatic heterocycles. The van der Waals surface area contributed by atoms with Crippen LogP contribution in [0.3, 0.4) is 0 Å². The number of urea groups is 1. The third-order valence-corrected chi connectivity index (χ3v) is 7.22. The Morgan fingerprint density at radius 2 is 1.52 bits per heavy atom. The second kappa shape index (κ2) is 14.2. The van der Waals surface area contributed by atoms with Crippen LogP contribution in [0.25, 0.3) is 0 Å². The van der Waals surface area contributed by atoms with Gasteiger partial charge in [-0.1, -0.05) is 55.1 Å². The topological polar surface area (TPSA) is 61.9 Å². The molecule has 0 radical (unpaired) electrons. The lowest BCUT2D eigenvalue weighted by atomic mass is 10.1. The highest BCUT2D eigenvalue weighted by molar-refractivity contribution is 7.99. The molecule has 2 amide bonds. The van der Waals surface area contributed by atoms with Crippen molar-refractivity contribution < 1.29 is 14.3 Å². The van der Waals surface area contributed by atoms with Crippen LogP contribution in [0.15, 0.2) is 113 Å². The number of benzene rings is 4. The number of amides is 2. The van der Waals surface area contributed by atoms with Crippen molar-refractivity contribution in [3.63, 3.8) is 0 Å². The normalized spacial score (nSPS) is 10.6. The number of ether oxygens (including phenoxy) is 1. The Balaban J connectivity index is 1.50. The molecule has 0 fully saturated rings. The lowest BCUT2D eigenvalue weighted by Gasteiger charge is -2.24. The van der Waals surface area contributed by atoms with Gasteiger partial charge in [-0.3, -0.25) is 9.69 Å². The summed E-state index contributed by atoms with van der Waals surface area (Å²) in [6.45, 7) is 2.47. The quantitative estimate of drug-likeness (QED) is 0.151. The fraction of sp³-hybridized carbons (Fsp3) is 0.212. The van der Waals surface area contributed by atoms with Crippen molar-refractivity contribution in [2.24, 2.45) is 0 Å². The average molecular weight is 554 g/mol. The van der Waals surface area contributed by atoms with E-state index in [1.54, 1.807) is 28.8 Å². The molecule has 40 heavy (non-hydrogen) atoms. The van der Waals surface area contributed by atoms with E-state index in [1.165, 1.54) is 5.56 Å². The molecule has 4 rings (SSSR count). The minimum atomic E-state index is -0.224. The number of hydrogen-bond acceptors (Lipinski definition) is 5. The molecule has 0 saturated carbocycles. The summed E-state index contributed by atoms with van der Waals surface area (Å²) in [7, 11) is 3.97. The van der Waals surface area contributed by atoms with Crippen LogP contribution in [0.4, 0.5) is 21.9 Å². The number of carbonyl (C=O) groups excluding carboxylic acids is 2. The molecule has 0 heterocycles. The number of hydrogen-bond donors (Lipinski definition) is 1. The molecule has 0 bridgehead atoms. The number of esters is 1. The predicted molar refractivity (Wildman–Crippen MR) is 165 cm³/mol. The molecule has 0 aliphatic heterocycles. The first-order chi connectivity index (χ1) is 19.4. The second-order valence-electron chi connectivity index (χ2n) is 9.55. The van der Waals surface area contributed by atoms with Gasteiger partial charge in [0.1, 0.15) is 5.75 Å². The van der Waals surface area contributed by atoms with Gasteiger partial charge in [0.05, 0.1) is 0 Å². The fourth-order valence-electron chi connectivity index (χ4n) is 4.08. The lowest BCUT2D eigenvalue weighted by Crippen LogP contribution is -2.36. The van der Waals surface area contributed by atoms with E-state index in [0.29, 0.717) is 18.7 Å². The summed E-state index contributed by atoms with van der Waals surface area (Å²) >= 11 is 1.59. The van der Waals surface area contributed by atoms with Gasteiger partial charge in [0.15, 0.2) is 0 Å². The Bertz CT molecular complexity index is 1390. The van der Waals surface area contributed by atoms with E-state index in [0.717, 1.165) is 39.7 Å². The van der Waals surface area contributed by atoms with E-state index in [4.69, 9.17) is 4.74 Å². The number of nitrogens with zero attached hydrogens (tertiary/aromatic N) is 2. The predicted octanol–water partition coefficient (Wildman–Crippen LogP) is 7.89. The van der Waals surface area contributed by atoms with Gasteiger partial charge in [-0.25, -0.2) is 4.79 Å². The first-order valence-electron chi connectivity index (χ1n) is 13.4. The van der Waals surface area contributed by atoms with Crippen LogP contribution in [0.2, 0.25) is 0 Å². The Morgan fingerprint density at radius 1 is 0.800 bits per heavy atom. The molecule has 4 aromatic rings. The van der Waals surface area contributed by atoms with Crippen LogP contribution in [-0.2, 0) is 11.2 Å². The SMILES string of the molecule is CCCC(=O)Oc1ccc(Sc2cccc(N(CCc3ccccc3)C(=O)Nc3ccc(N(C)C)cc3)c2)cc1. The minimum Gasteiger partial charge on any atom is -0.427 e. The maximum atomic E-state index is 13.6. The summed E-state index contributed by atoms with van der Waals surface area (Å²) in [6, 6.07) is 33.2. The largest absolute Gasteiger partial charge is 0.427 e. The molecule has 0 aliphatic carbocycles. The standard InChI is InChI=1S/C33H35N3O3S/c1-4-9-32(37)39-29-18-20-30(21-19-29)40-31-13-8-12-28(24-31)36(23-22-25-10-6-5-7-11-25)33(38)34-26-14-16-27(17-15-26)35(2)3/h5-8,10-21,24H,4,9,22-23H2,1-3H3,(H,34,38). The van der Waals surface area contributed by atoms with E-state index < -0.39 is 0 Å². The van der Waals surface area contributed by atoms with Crippen LogP contribution >= 0.6 is 11.8 Å². The summed E-state index contributed by atoms with van der Waals surface area (Å²) in [6.07, 6.45) is 1.88. The van der Waals surface area contributed by atoms with Gasteiger partial charge in [-0.15, -0.1) is 0 Å². The van der Waals surface area contributed by atoms with Crippen LogP contribution in [-0.4, -0.2) is 32.6 Å². The van der Waals surface area contributed by atoms with E-state index in [2.05, 4.69) is 17.4 Å². The van der Waals surface area contributed by atoms with E-state index in [-0.39, 0.29) is 12.0 Å². The Labute approximate surface area is 241 Å². The molecule has 1 N–H and O–H groups in total. The van der Waals surface area contributed by atoms with Gasteiger partial charge in [0, 0.05) is 53.9 Å². The van der Waals surface area contributed by atoms with Crippen molar-refractivity contribution >= 4 is 40.8 Å². The van der Waals surface area contributed by atoms with E-state index in [1.807, 2.05) is 105 Å². The molecule has 0 spiro atoms. The molecular weight excluding hydrogens is 518 g/mol. The van der Waals surface area contributed by atoms with Crippen LogP contribution in [0.5, 0.6) is 5.75 Å². The summed E-state index contributed by atoms with van der Waals surface area (Å²) in [5.74, 6) is 0.317. The Kier molecular flexibility index (Phi) is 10.2. The van der Waals surface area contributed by atoms with E-state index >= 15 is 0 Å². The third kappa shape index (κ3) is 8.38. The minimum absolute atomic E-state index is 0.186. The maximum Gasteiger partial charge on any atom is 0.326 e. The molecule has 0 aliphatic rings. The first-order valence-corrected chi connectivity index (χ1v) is 14.2. The summed E-state index contributed by atoms with van der Waals surface area (Å²) in [4.78, 5) is 31.1. The van der Waals surface area contributed by atoms with Gasteiger partial charge in [-0.05, 0) is 85.1 Å². The van der Waals surface area contributed by atoms with Crippen molar-refractivity contribution in [2.45, 2.75) is 36.0 Å². The second-order valence-corrected chi connectivity index (χ2v) is 10.7. The Hall–Kier alpha value is -4.23. The molecule has 0 saturated heterocycles. The van der Waals surface area contributed by atoms with Gasteiger partial charge in [0.25, 0.3) is 0 Å². The zero-order valence-electron chi connectivity index (χ0n) is 23.2. The zero-order valence-corrected chi connectivity index (χ0v) is 24.0. The van der Waals surface area contributed by atoms with Crippen LogP contribution < -0.4 is 19.9 Å². The third-order valence-electron chi connectivity index (χ3n) is 6.22. The van der Waals surface area contributed by atoms with Gasteiger partial charge >= 0.3 is 12.0 Å². The highest BCUT2D eigenvalue weighted by Crippen LogP contribution is 2.32. The van der Waals surface area contributed by atoms with Crippen molar-refractivity contribution in [1.82, 2.24) is 0 Å². The monoisotopic (exact) mass is 553 g/mol. The molecule has 206 valence electrons. The molecule has 6 nitrogen and oxygen atoms in total. The molecule has 0 atom stereocenters. The summed E-state index contributed by atoms with van der Waals surface area (Å²) in [5, 5.41) is 3.06. The van der Waals surface area contributed by atoms with Crippen LogP contribution in [0, 0.1) is 0 Å². The highest BCUT2D eigenvalue weighted by Gasteiger charge is 2.17. The average Bonchev–Trinajstić information content (AvgIpc) is 2.95. The van der Waals surface area contributed by atoms with Crippen molar-refractivity contribution in [1.29, 1.82) is 0 Å². The zero-order chi connectivity index (χ0) is 28.3. The van der Waals surface area contributed by atoms with Gasteiger partial charge in [-0.2, -0.15) is 0 Å². The number of carbonyl (C=O) groups is 2. The van der Waals surface area contributed by atoms with Crippen LogP contribution in [0.1, 0.15) is 25.3 Å². The molecule has 0 unspecified atom stereocenters. The Morgan fingerprint density at radius 3 is 2.20 bits per heavy atom.